The second-order valence-electron chi connectivity index (χ2n) is 4.14. The van der Waals surface area contributed by atoms with Crippen LogP contribution in [0.25, 0.3) is 0 Å². The number of nitrogens with one attached hydrogen (secondary N) is 1. The van der Waals surface area contributed by atoms with Gasteiger partial charge in [-0.05, 0) is 32.0 Å². The fourth-order valence-electron chi connectivity index (χ4n) is 1.69. The van der Waals surface area contributed by atoms with Gasteiger partial charge in [-0.2, -0.15) is 0 Å². The summed E-state index contributed by atoms with van der Waals surface area (Å²) in [6.45, 7) is 7.21. The molecular weight excluding hydrogens is 192 g/mol. The van der Waals surface area contributed by atoms with Gasteiger partial charge in [0.15, 0.2) is 0 Å². The summed E-state index contributed by atoms with van der Waals surface area (Å²) in [6.07, 6.45) is 1.29. The molecule has 0 unspecified atom stereocenters. The molecule has 0 aromatic heterocycles. The van der Waals surface area contributed by atoms with E-state index in [1.807, 2.05) is 0 Å². The van der Waals surface area contributed by atoms with Crippen LogP contribution in [0.4, 0.5) is 0 Å². The summed E-state index contributed by atoms with van der Waals surface area (Å²) in [7, 11) is 3.51. The number of hydrogen-bond donors (Lipinski definition) is 1. The maximum Gasteiger partial charge on any atom is 0.0589 e. The van der Waals surface area contributed by atoms with Crippen LogP contribution in [0.2, 0.25) is 0 Å². The Morgan fingerprint density at radius 3 is 2.07 bits per heavy atom. The summed E-state index contributed by atoms with van der Waals surface area (Å²) in [6, 6.07) is 0. The minimum absolute atomic E-state index is 0.812. The van der Waals surface area contributed by atoms with Crippen LogP contribution in [0.1, 0.15) is 6.42 Å². The molecule has 1 aliphatic heterocycles. The standard InChI is InChI=1S/C11H24N2O2/c1-14-7-5-13(6-8-15-2)4-3-11-9-12-10-11/h11-12H,3-10H2,1-2H3. The Kier molecular flexibility index (Phi) is 6.92. The van der Waals surface area contributed by atoms with Gasteiger partial charge >= 0.3 is 0 Å². The molecule has 4 heteroatoms. The molecule has 0 aromatic rings. The van der Waals surface area contributed by atoms with Crippen LogP contribution in [0, 0.1) is 5.92 Å². The lowest BCUT2D eigenvalue weighted by Crippen LogP contribution is -2.44. The van der Waals surface area contributed by atoms with Gasteiger partial charge in [0.05, 0.1) is 13.2 Å². The first-order valence-electron chi connectivity index (χ1n) is 5.77. The second-order valence-corrected chi connectivity index (χ2v) is 4.14. The van der Waals surface area contributed by atoms with E-state index in [1.54, 1.807) is 14.2 Å². The van der Waals surface area contributed by atoms with Crippen molar-refractivity contribution in [3.05, 3.63) is 0 Å². The third-order valence-electron chi connectivity index (χ3n) is 2.94. The molecule has 1 fully saturated rings. The Labute approximate surface area is 92.9 Å². The van der Waals surface area contributed by atoms with E-state index in [1.165, 1.54) is 26.1 Å². The molecule has 0 amide bonds. The molecule has 0 bridgehead atoms. The third-order valence-corrected chi connectivity index (χ3v) is 2.94. The molecule has 1 heterocycles. The first-order valence-corrected chi connectivity index (χ1v) is 5.77. The van der Waals surface area contributed by atoms with Crippen LogP contribution in [0.3, 0.4) is 0 Å². The van der Waals surface area contributed by atoms with Gasteiger partial charge in [-0.15, -0.1) is 0 Å². The molecule has 0 spiro atoms. The smallest absolute Gasteiger partial charge is 0.0589 e. The van der Waals surface area contributed by atoms with Crippen molar-refractivity contribution in [2.45, 2.75) is 6.42 Å². The van der Waals surface area contributed by atoms with Crippen LogP contribution in [-0.4, -0.2) is 65.1 Å². The Balaban J connectivity index is 2.08. The van der Waals surface area contributed by atoms with E-state index < -0.39 is 0 Å². The lowest BCUT2D eigenvalue weighted by molar-refractivity contribution is 0.107. The second kappa shape index (κ2) is 8.05. The molecule has 0 saturated carbocycles. The summed E-state index contributed by atoms with van der Waals surface area (Å²) >= 11 is 0. The Morgan fingerprint density at radius 2 is 1.67 bits per heavy atom. The predicted molar refractivity (Wildman–Crippen MR) is 61.2 cm³/mol. The molecule has 1 N–H and O–H groups in total. The highest BCUT2D eigenvalue weighted by atomic mass is 16.5. The average Bonchev–Trinajstić information content (AvgIpc) is 2.19. The zero-order chi connectivity index (χ0) is 10.9. The summed E-state index contributed by atoms with van der Waals surface area (Å²) in [4.78, 5) is 2.42. The van der Waals surface area contributed by atoms with Crippen LogP contribution >= 0.6 is 0 Å². The zero-order valence-corrected chi connectivity index (χ0v) is 10.00. The van der Waals surface area contributed by atoms with E-state index in [9.17, 15) is 0 Å². The minimum atomic E-state index is 0.812. The Hall–Kier alpha value is -0.160. The maximum absolute atomic E-state index is 5.10. The van der Waals surface area contributed by atoms with Crippen molar-refractivity contribution in [1.82, 2.24) is 10.2 Å². The molecule has 0 aliphatic carbocycles. The Morgan fingerprint density at radius 1 is 1.07 bits per heavy atom. The quantitative estimate of drug-likeness (QED) is 0.596. The SMILES string of the molecule is COCCN(CCOC)CCC1CNC1. The molecule has 90 valence electrons. The fraction of sp³-hybridized carbons (Fsp3) is 1.00. The zero-order valence-electron chi connectivity index (χ0n) is 10.00. The van der Waals surface area contributed by atoms with Crippen LogP contribution < -0.4 is 5.32 Å². The summed E-state index contributed by atoms with van der Waals surface area (Å²) in [5, 5.41) is 3.30. The van der Waals surface area contributed by atoms with E-state index >= 15 is 0 Å². The average molecular weight is 216 g/mol. The number of hydrogen-bond acceptors (Lipinski definition) is 4. The highest BCUT2D eigenvalue weighted by molar-refractivity contribution is 4.75. The number of ether oxygens (including phenoxy) is 2. The molecule has 1 rings (SSSR count). The van der Waals surface area contributed by atoms with Crippen LogP contribution in [-0.2, 0) is 9.47 Å². The summed E-state index contributed by atoms with van der Waals surface area (Å²) < 4.78 is 10.2. The lowest BCUT2D eigenvalue weighted by Gasteiger charge is -2.30. The molecule has 1 saturated heterocycles. The predicted octanol–water partition coefficient (Wildman–Crippen LogP) is 0.191. The first-order chi connectivity index (χ1) is 7.36. The largest absolute Gasteiger partial charge is 0.383 e. The summed E-state index contributed by atoms with van der Waals surface area (Å²) in [5.41, 5.74) is 0. The van der Waals surface area contributed by atoms with Crippen molar-refractivity contribution in [2.24, 2.45) is 5.92 Å². The van der Waals surface area contributed by atoms with E-state index in [0.717, 1.165) is 32.2 Å². The third kappa shape index (κ3) is 5.47. The molecule has 0 atom stereocenters. The van der Waals surface area contributed by atoms with Crippen molar-refractivity contribution in [3.8, 4) is 0 Å². The van der Waals surface area contributed by atoms with Gasteiger partial charge in [0.25, 0.3) is 0 Å². The molecule has 15 heavy (non-hydrogen) atoms. The monoisotopic (exact) mass is 216 g/mol. The molecule has 0 aromatic carbocycles. The van der Waals surface area contributed by atoms with E-state index in [4.69, 9.17) is 9.47 Å². The topological polar surface area (TPSA) is 33.7 Å². The van der Waals surface area contributed by atoms with Crippen molar-refractivity contribution in [1.29, 1.82) is 0 Å². The van der Waals surface area contributed by atoms with Gasteiger partial charge in [0, 0.05) is 27.3 Å². The van der Waals surface area contributed by atoms with Crippen molar-refractivity contribution in [3.63, 3.8) is 0 Å². The first kappa shape index (κ1) is 12.9. The van der Waals surface area contributed by atoms with Crippen molar-refractivity contribution >= 4 is 0 Å². The van der Waals surface area contributed by atoms with E-state index in [-0.39, 0.29) is 0 Å². The maximum atomic E-state index is 5.10. The Bertz CT molecular complexity index is 144. The van der Waals surface area contributed by atoms with Gasteiger partial charge in [0.1, 0.15) is 0 Å². The van der Waals surface area contributed by atoms with Crippen molar-refractivity contribution < 1.29 is 9.47 Å². The van der Waals surface area contributed by atoms with Gasteiger partial charge in [-0.3, -0.25) is 4.90 Å². The van der Waals surface area contributed by atoms with Crippen LogP contribution in [0.15, 0.2) is 0 Å². The van der Waals surface area contributed by atoms with Gasteiger partial charge in [-0.1, -0.05) is 0 Å². The van der Waals surface area contributed by atoms with Crippen molar-refractivity contribution in [2.75, 3.05) is 60.2 Å². The molecule has 4 nitrogen and oxygen atoms in total. The fourth-order valence-corrected chi connectivity index (χ4v) is 1.69. The highest BCUT2D eigenvalue weighted by Crippen LogP contribution is 2.08. The minimum Gasteiger partial charge on any atom is -0.383 e. The highest BCUT2D eigenvalue weighted by Gasteiger charge is 2.17. The van der Waals surface area contributed by atoms with E-state index in [0.29, 0.717) is 0 Å². The lowest BCUT2D eigenvalue weighted by atomic mass is 9.99. The van der Waals surface area contributed by atoms with Gasteiger partial charge in [0.2, 0.25) is 0 Å². The van der Waals surface area contributed by atoms with Gasteiger partial charge < -0.3 is 14.8 Å². The molecule has 1 aliphatic rings. The number of nitrogens with zero attached hydrogens (tertiary/aromatic N) is 1. The van der Waals surface area contributed by atoms with E-state index in [2.05, 4.69) is 10.2 Å². The number of rotatable bonds is 9. The molecule has 0 radical (unpaired) electrons. The molecular formula is C11H24N2O2. The summed E-state index contributed by atoms with van der Waals surface area (Å²) in [5.74, 6) is 0.887. The normalized spacial score (nSPS) is 17.0. The van der Waals surface area contributed by atoms with Gasteiger partial charge in [-0.25, -0.2) is 0 Å². The number of methoxy groups -OCH3 is 2. The van der Waals surface area contributed by atoms with Crippen LogP contribution in [0.5, 0.6) is 0 Å².